The first-order valence-corrected chi connectivity index (χ1v) is 12.2. The number of carbonyl (C=O) groups excluding carboxylic acids is 1. The molecule has 0 aliphatic rings. The van der Waals surface area contributed by atoms with Crippen molar-refractivity contribution >= 4 is 28.6 Å². The smallest absolute Gasteiger partial charge is 0.266 e. The molecule has 1 amide bonds. The highest BCUT2D eigenvalue weighted by Crippen LogP contribution is 2.27. The number of hydrogen-bond donors (Lipinski definition) is 0. The fourth-order valence-electron chi connectivity index (χ4n) is 3.78. The summed E-state index contributed by atoms with van der Waals surface area (Å²) in [4.78, 5) is 32.9. The summed E-state index contributed by atoms with van der Waals surface area (Å²) in [5, 5.41) is 0.376. The van der Waals surface area contributed by atoms with Crippen molar-refractivity contribution in [1.82, 2.24) is 14.5 Å². The van der Waals surface area contributed by atoms with Gasteiger partial charge < -0.3 is 9.64 Å². The van der Waals surface area contributed by atoms with Gasteiger partial charge >= 0.3 is 0 Å². The lowest BCUT2D eigenvalue weighted by molar-refractivity contribution is -0.129. The Kier molecular flexibility index (Phi) is 7.51. The number of fused-ring (bicyclic) bond motifs is 1. The summed E-state index contributed by atoms with van der Waals surface area (Å²) in [6, 6.07) is 20.5. The van der Waals surface area contributed by atoms with Crippen LogP contribution in [-0.4, -0.2) is 39.3 Å². The fraction of sp³-hybridized carbons (Fsp3) is 0.222. The Balaban J connectivity index is 1.66. The van der Waals surface area contributed by atoms with Crippen LogP contribution >= 0.6 is 11.8 Å². The minimum Gasteiger partial charge on any atom is -0.494 e. The molecule has 1 unspecified atom stereocenters. The van der Waals surface area contributed by atoms with Gasteiger partial charge in [0.05, 0.1) is 28.4 Å². The van der Waals surface area contributed by atoms with Crippen LogP contribution in [0.1, 0.15) is 19.4 Å². The van der Waals surface area contributed by atoms with Crippen LogP contribution in [0.5, 0.6) is 5.75 Å². The highest BCUT2D eigenvalue weighted by molar-refractivity contribution is 8.00. The van der Waals surface area contributed by atoms with E-state index in [9.17, 15) is 14.0 Å². The van der Waals surface area contributed by atoms with Crippen LogP contribution < -0.4 is 10.3 Å². The molecule has 0 saturated heterocycles. The first-order chi connectivity index (χ1) is 16.9. The van der Waals surface area contributed by atoms with E-state index < -0.39 is 5.25 Å². The van der Waals surface area contributed by atoms with Gasteiger partial charge in [0.25, 0.3) is 5.56 Å². The number of nitrogens with zero attached hydrogens (tertiary/aromatic N) is 3. The zero-order valence-electron chi connectivity index (χ0n) is 19.8. The number of aromatic nitrogens is 2. The number of hydrogen-bond acceptors (Lipinski definition) is 5. The molecule has 4 aromatic rings. The minimum absolute atomic E-state index is 0.153. The SMILES string of the molecule is CCOc1ccc(-n2c(SC(C)C(=O)N(C)Cc3cccc(F)c3)nc3ccccc3c2=O)cc1. The topological polar surface area (TPSA) is 64.4 Å². The first-order valence-electron chi connectivity index (χ1n) is 11.3. The lowest BCUT2D eigenvalue weighted by atomic mass is 10.2. The fourth-order valence-corrected chi connectivity index (χ4v) is 4.82. The number of rotatable bonds is 8. The van der Waals surface area contributed by atoms with Crippen molar-refractivity contribution in [3.8, 4) is 11.4 Å². The monoisotopic (exact) mass is 491 g/mol. The number of para-hydroxylation sites is 1. The van der Waals surface area contributed by atoms with Gasteiger partial charge in [-0.25, -0.2) is 9.37 Å². The first kappa shape index (κ1) is 24.5. The van der Waals surface area contributed by atoms with Gasteiger partial charge in [-0.1, -0.05) is 36.0 Å². The summed E-state index contributed by atoms with van der Waals surface area (Å²) in [7, 11) is 1.68. The molecular weight excluding hydrogens is 465 g/mol. The minimum atomic E-state index is -0.532. The molecule has 1 aromatic heterocycles. The molecule has 0 saturated carbocycles. The summed E-state index contributed by atoms with van der Waals surface area (Å²) in [5.41, 5.74) is 1.69. The molecule has 0 aliphatic heterocycles. The average Bonchev–Trinajstić information content (AvgIpc) is 2.85. The molecule has 1 heterocycles. The number of amides is 1. The third-order valence-electron chi connectivity index (χ3n) is 5.47. The van der Waals surface area contributed by atoms with Crippen molar-refractivity contribution < 1.29 is 13.9 Å². The molecule has 4 rings (SSSR count). The van der Waals surface area contributed by atoms with Gasteiger partial charge in [-0.3, -0.25) is 14.2 Å². The van der Waals surface area contributed by atoms with E-state index in [1.165, 1.54) is 28.5 Å². The Morgan fingerprint density at radius 2 is 1.86 bits per heavy atom. The summed E-state index contributed by atoms with van der Waals surface area (Å²) < 4.78 is 20.6. The van der Waals surface area contributed by atoms with Gasteiger partial charge in [0.2, 0.25) is 5.91 Å². The van der Waals surface area contributed by atoms with Gasteiger partial charge in [-0.05, 0) is 67.9 Å². The van der Waals surface area contributed by atoms with Gasteiger partial charge in [-0.2, -0.15) is 0 Å². The second-order valence-electron chi connectivity index (χ2n) is 8.06. The number of halogens is 1. The maximum absolute atomic E-state index is 13.5. The molecule has 180 valence electrons. The van der Waals surface area contributed by atoms with Crippen molar-refractivity contribution in [3.63, 3.8) is 0 Å². The van der Waals surface area contributed by atoms with Crippen molar-refractivity contribution in [2.45, 2.75) is 30.8 Å². The molecule has 1 atom stereocenters. The van der Waals surface area contributed by atoms with Crippen LogP contribution in [0, 0.1) is 5.82 Å². The van der Waals surface area contributed by atoms with Gasteiger partial charge in [0, 0.05) is 13.6 Å². The average molecular weight is 492 g/mol. The summed E-state index contributed by atoms with van der Waals surface area (Å²) >= 11 is 1.21. The lowest BCUT2D eigenvalue weighted by Gasteiger charge is -2.22. The lowest BCUT2D eigenvalue weighted by Crippen LogP contribution is -2.33. The van der Waals surface area contributed by atoms with E-state index in [0.29, 0.717) is 39.7 Å². The van der Waals surface area contributed by atoms with E-state index >= 15 is 0 Å². The van der Waals surface area contributed by atoms with E-state index in [4.69, 9.17) is 9.72 Å². The number of ether oxygens (including phenoxy) is 1. The Morgan fingerprint density at radius 3 is 2.57 bits per heavy atom. The van der Waals surface area contributed by atoms with Crippen LogP contribution in [0.15, 0.2) is 82.7 Å². The molecule has 0 spiro atoms. The van der Waals surface area contributed by atoms with E-state index in [-0.39, 0.29) is 23.8 Å². The van der Waals surface area contributed by atoms with Crippen molar-refractivity contribution in [3.05, 3.63) is 94.5 Å². The molecule has 3 aromatic carbocycles. The van der Waals surface area contributed by atoms with Crippen LogP contribution in [0.4, 0.5) is 4.39 Å². The summed E-state index contributed by atoms with van der Waals surface area (Å²) in [6.45, 7) is 4.50. The molecule has 0 radical (unpaired) electrons. The van der Waals surface area contributed by atoms with E-state index in [1.54, 1.807) is 73.5 Å². The molecule has 35 heavy (non-hydrogen) atoms. The van der Waals surface area contributed by atoms with Crippen LogP contribution in [-0.2, 0) is 11.3 Å². The normalized spacial score (nSPS) is 11.9. The molecule has 0 bridgehead atoms. The predicted molar refractivity (Wildman–Crippen MR) is 137 cm³/mol. The van der Waals surface area contributed by atoms with E-state index in [2.05, 4.69) is 0 Å². The van der Waals surface area contributed by atoms with E-state index in [0.717, 1.165) is 0 Å². The van der Waals surface area contributed by atoms with E-state index in [1.807, 2.05) is 13.0 Å². The summed E-state index contributed by atoms with van der Waals surface area (Å²) in [5.74, 6) is 0.209. The Bertz CT molecular complexity index is 1410. The van der Waals surface area contributed by atoms with Crippen LogP contribution in [0.3, 0.4) is 0 Å². The quantitative estimate of drug-likeness (QED) is 0.255. The standard InChI is InChI=1S/C27H26FN3O3S/c1-4-34-22-14-12-21(13-15-22)31-26(33)23-10-5-6-11-24(23)29-27(31)35-18(2)25(32)30(3)17-19-8-7-9-20(28)16-19/h5-16,18H,4,17H2,1-3H3. The Morgan fingerprint density at radius 1 is 1.11 bits per heavy atom. The highest BCUT2D eigenvalue weighted by Gasteiger charge is 2.23. The van der Waals surface area contributed by atoms with Crippen molar-refractivity contribution in [1.29, 1.82) is 0 Å². The molecule has 6 nitrogen and oxygen atoms in total. The second kappa shape index (κ2) is 10.7. The maximum atomic E-state index is 13.5. The zero-order valence-corrected chi connectivity index (χ0v) is 20.6. The third kappa shape index (κ3) is 5.54. The Hall–Kier alpha value is -3.65. The number of thioether (sulfide) groups is 1. The molecule has 0 aliphatic carbocycles. The molecule has 8 heteroatoms. The van der Waals surface area contributed by atoms with Crippen molar-refractivity contribution in [2.24, 2.45) is 0 Å². The maximum Gasteiger partial charge on any atom is 0.266 e. The predicted octanol–water partition coefficient (Wildman–Crippen LogP) is 5.06. The molecule has 0 fully saturated rings. The zero-order chi connectivity index (χ0) is 24.9. The van der Waals surface area contributed by atoms with Gasteiger partial charge in [-0.15, -0.1) is 0 Å². The number of benzene rings is 3. The Labute approximate surface area is 207 Å². The largest absolute Gasteiger partial charge is 0.494 e. The number of carbonyl (C=O) groups is 1. The summed E-state index contributed by atoms with van der Waals surface area (Å²) in [6.07, 6.45) is 0. The highest BCUT2D eigenvalue weighted by atomic mass is 32.2. The van der Waals surface area contributed by atoms with Crippen molar-refractivity contribution in [2.75, 3.05) is 13.7 Å². The van der Waals surface area contributed by atoms with Gasteiger partial charge in [0.15, 0.2) is 5.16 Å². The van der Waals surface area contributed by atoms with Crippen LogP contribution in [0.2, 0.25) is 0 Å². The van der Waals surface area contributed by atoms with Gasteiger partial charge in [0.1, 0.15) is 11.6 Å². The second-order valence-corrected chi connectivity index (χ2v) is 9.37. The molecular formula is C27H26FN3O3S. The third-order valence-corrected chi connectivity index (χ3v) is 6.51. The molecule has 0 N–H and O–H groups in total. The van der Waals surface area contributed by atoms with Crippen LogP contribution in [0.25, 0.3) is 16.6 Å².